The van der Waals surface area contributed by atoms with Crippen LogP contribution in [0.25, 0.3) is 21.8 Å². The number of amides is 1. The number of carbonyl (C=O) groups is 1. The highest BCUT2D eigenvalue weighted by Crippen LogP contribution is 2.16. The molecule has 2 aromatic heterocycles. The summed E-state index contributed by atoms with van der Waals surface area (Å²) in [5.41, 5.74) is 2.52. The van der Waals surface area contributed by atoms with Crippen molar-refractivity contribution in [2.24, 2.45) is 0 Å². The lowest BCUT2D eigenvalue weighted by atomic mass is 10.1. The summed E-state index contributed by atoms with van der Waals surface area (Å²) >= 11 is 0. The summed E-state index contributed by atoms with van der Waals surface area (Å²) in [4.78, 5) is 33.4. The molecule has 0 aliphatic carbocycles. The number of aromatic nitrogens is 3. The first-order valence-corrected chi connectivity index (χ1v) is 7.53. The summed E-state index contributed by atoms with van der Waals surface area (Å²) in [5.74, 6) is -0.227. The quantitative estimate of drug-likeness (QED) is 0.541. The zero-order valence-electron chi connectivity index (χ0n) is 12.7. The van der Waals surface area contributed by atoms with Gasteiger partial charge < -0.3 is 15.3 Å². The average molecular weight is 318 g/mol. The van der Waals surface area contributed by atoms with Crippen LogP contribution in [-0.4, -0.2) is 20.9 Å². The van der Waals surface area contributed by atoms with E-state index in [4.69, 9.17) is 0 Å². The number of carbonyl (C=O) groups excluding carboxylic acids is 1. The zero-order chi connectivity index (χ0) is 16.5. The molecule has 24 heavy (non-hydrogen) atoms. The predicted molar refractivity (Wildman–Crippen MR) is 91.8 cm³/mol. The van der Waals surface area contributed by atoms with Crippen LogP contribution in [0.3, 0.4) is 0 Å². The number of hydrogen-bond acceptors (Lipinski definition) is 3. The molecule has 0 atom stereocenters. The SMILES string of the molecule is O=C(NCc1ccc2[nH]c(=O)[nH]c2c1)c1nccc2ccccc12. The third-order valence-electron chi connectivity index (χ3n) is 3.92. The molecule has 0 spiro atoms. The smallest absolute Gasteiger partial charge is 0.323 e. The van der Waals surface area contributed by atoms with Gasteiger partial charge in [0.05, 0.1) is 11.0 Å². The molecule has 0 unspecified atom stereocenters. The lowest BCUT2D eigenvalue weighted by molar-refractivity contribution is 0.0948. The van der Waals surface area contributed by atoms with Crippen molar-refractivity contribution >= 4 is 27.7 Å². The van der Waals surface area contributed by atoms with Crippen LogP contribution in [-0.2, 0) is 6.54 Å². The second-order valence-electron chi connectivity index (χ2n) is 5.52. The highest BCUT2D eigenvalue weighted by atomic mass is 16.2. The molecule has 0 saturated carbocycles. The van der Waals surface area contributed by atoms with Crippen LogP contribution < -0.4 is 11.0 Å². The van der Waals surface area contributed by atoms with Crippen molar-refractivity contribution in [2.75, 3.05) is 0 Å². The van der Waals surface area contributed by atoms with Crippen molar-refractivity contribution in [1.82, 2.24) is 20.3 Å². The second-order valence-corrected chi connectivity index (χ2v) is 5.52. The Morgan fingerprint density at radius 3 is 2.79 bits per heavy atom. The standard InChI is InChI=1S/C18H14N4O2/c23-17(16-13-4-2-1-3-12(13)7-8-19-16)20-10-11-5-6-14-15(9-11)22-18(24)21-14/h1-9H,10H2,(H,20,23)(H2,21,22,24). The van der Waals surface area contributed by atoms with Gasteiger partial charge in [0.15, 0.2) is 0 Å². The van der Waals surface area contributed by atoms with Gasteiger partial charge in [0.2, 0.25) is 0 Å². The van der Waals surface area contributed by atoms with Gasteiger partial charge in [-0.15, -0.1) is 0 Å². The topological polar surface area (TPSA) is 90.6 Å². The minimum Gasteiger partial charge on any atom is -0.347 e. The molecule has 4 aromatic rings. The van der Waals surface area contributed by atoms with Crippen molar-refractivity contribution in [3.8, 4) is 0 Å². The van der Waals surface area contributed by atoms with E-state index in [1.165, 1.54) is 0 Å². The normalized spacial score (nSPS) is 11.0. The molecule has 1 amide bonds. The van der Waals surface area contributed by atoms with E-state index >= 15 is 0 Å². The van der Waals surface area contributed by atoms with Gasteiger partial charge in [0.25, 0.3) is 5.91 Å². The molecule has 2 heterocycles. The number of nitrogens with zero attached hydrogens (tertiary/aromatic N) is 1. The first-order chi connectivity index (χ1) is 11.7. The third-order valence-corrected chi connectivity index (χ3v) is 3.92. The fourth-order valence-electron chi connectivity index (χ4n) is 2.76. The third kappa shape index (κ3) is 2.54. The van der Waals surface area contributed by atoms with E-state index in [9.17, 15) is 9.59 Å². The van der Waals surface area contributed by atoms with Gasteiger partial charge in [-0.2, -0.15) is 0 Å². The Morgan fingerprint density at radius 1 is 1.04 bits per heavy atom. The van der Waals surface area contributed by atoms with Gasteiger partial charge in [-0.1, -0.05) is 30.3 Å². The van der Waals surface area contributed by atoms with E-state index < -0.39 is 0 Å². The fourth-order valence-corrected chi connectivity index (χ4v) is 2.76. The summed E-state index contributed by atoms with van der Waals surface area (Å²) in [5, 5.41) is 4.67. The van der Waals surface area contributed by atoms with E-state index in [2.05, 4.69) is 20.3 Å². The lowest BCUT2D eigenvalue weighted by Gasteiger charge is -2.07. The molecule has 0 saturated heterocycles. The number of aromatic amines is 2. The highest BCUT2D eigenvalue weighted by molar-refractivity contribution is 6.05. The summed E-state index contributed by atoms with van der Waals surface area (Å²) in [6.45, 7) is 0.354. The van der Waals surface area contributed by atoms with Gasteiger partial charge in [-0.3, -0.25) is 9.78 Å². The number of pyridine rings is 1. The second kappa shape index (κ2) is 5.66. The van der Waals surface area contributed by atoms with Crippen molar-refractivity contribution in [1.29, 1.82) is 0 Å². The van der Waals surface area contributed by atoms with Crippen molar-refractivity contribution in [3.63, 3.8) is 0 Å². The molecule has 0 aliphatic rings. The Labute approximate surface area is 136 Å². The van der Waals surface area contributed by atoms with Crippen LogP contribution >= 0.6 is 0 Å². The number of hydrogen-bond donors (Lipinski definition) is 3. The maximum absolute atomic E-state index is 12.5. The van der Waals surface area contributed by atoms with Crippen LogP contribution in [0.1, 0.15) is 16.1 Å². The number of fused-ring (bicyclic) bond motifs is 2. The van der Waals surface area contributed by atoms with Gasteiger partial charge in [0, 0.05) is 18.1 Å². The molecule has 4 rings (SSSR count). The fraction of sp³-hybridized carbons (Fsp3) is 0.0556. The van der Waals surface area contributed by atoms with E-state index in [1.807, 2.05) is 48.5 Å². The Bertz CT molecular complexity index is 1110. The number of imidazole rings is 1. The lowest BCUT2D eigenvalue weighted by Crippen LogP contribution is -2.24. The Kier molecular flexibility index (Phi) is 3.35. The van der Waals surface area contributed by atoms with E-state index in [0.29, 0.717) is 12.2 Å². The summed E-state index contributed by atoms with van der Waals surface area (Å²) in [7, 11) is 0. The first kappa shape index (κ1) is 14.2. The molecule has 0 aliphatic heterocycles. The Morgan fingerprint density at radius 2 is 1.88 bits per heavy atom. The molecule has 118 valence electrons. The van der Waals surface area contributed by atoms with Crippen LogP contribution in [0, 0.1) is 0 Å². The average Bonchev–Trinajstić information content (AvgIpc) is 2.98. The molecule has 2 aromatic carbocycles. The highest BCUT2D eigenvalue weighted by Gasteiger charge is 2.11. The number of H-pyrrole nitrogens is 2. The zero-order valence-corrected chi connectivity index (χ0v) is 12.7. The van der Waals surface area contributed by atoms with Crippen molar-refractivity contribution < 1.29 is 4.79 Å². The van der Waals surface area contributed by atoms with Gasteiger partial charge in [-0.25, -0.2) is 4.79 Å². The molecule has 3 N–H and O–H groups in total. The van der Waals surface area contributed by atoms with Gasteiger partial charge in [-0.05, 0) is 29.1 Å². The van der Waals surface area contributed by atoms with Crippen LogP contribution in [0.4, 0.5) is 0 Å². The molecule has 6 nitrogen and oxygen atoms in total. The van der Waals surface area contributed by atoms with Crippen LogP contribution in [0.15, 0.2) is 59.5 Å². The summed E-state index contributed by atoms with van der Waals surface area (Å²) in [6, 6.07) is 15.0. The number of benzene rings is 2. The number of rotatable bonds is 3. The molecule has 0 bridgehead atoms. The minimum absolute atomic E-state index is 0.227. The van der Waals surface area contributed by atoms with Crippen LogP contribution in [0.5, 0.6) is 0 Å². The van der Waals surface area contributed by atoms with E-state index in [0.717, 1.165) is 27.4 Å². The molecule has 6 heteroatoms. The van der Waals surface area contributed by atoms with Crippen LogP contribution in [0.2, 0.25) is 0 Å². The largest absolute Gasteiger partial charge is 0.347 e. The van der Waals surface area contributed by atoms with Gasteiger partial charge >= 0.3 is 5.69 Å². The van der Waals surface area contributed by atoms with E-state index in [-0.39, 0.29) is 11.6 Å². The summed E-state index contributed by atoms with van der Waals surface area (Å²) < 4.78 is 0. The minimum atomic E-state index is -0.244. The predicted octanol–water partition coefficient (Wildman–Crippen LogP) is 2.33. The summed E-state index contributed by atoms with van der Waals surface area (Å²) in [6.07, 6.45) is 1.63. The molecule has 0 fully saturated rings. The maximum Gasteiger partial charge on any atom is 0.323 e. The van der Waals surface area contributed by atoms with Crippen molar-refractivity contribution in [3.05, 3.63) is 76.5 Å². The number of nitrogens with one attached hydrogen (secondary N) is 3. The van der Waals surface area contributed by atoms with Gasteiger partial charge in [0.1, 0.15) is 5.69 Å². The maximum atomic E-state index is 12.5. The first-order valence-electron chi connectivity index (χ1n) is 7.53. The van der Waals surface area contributed by atoms with E-state index in [1.54, 1.807) is 6.20 Å². The molecular weight excluding hydrogens is 304 g/mol. The molecular formula is C18H14N4O2. The molecule has 0 radical (unpaired) electrons. The van der Waals surface area contributed by atoms with Crippen molar-refractivity contribution in [2.45, 2.75) is 6.54 Å². The Balaban J connectivity index is 1.57. The monoisotopic (exact) mass is 318 g/mol. The Hall–Kier alpha value is -3.41.